The van der Waals surface area contributed by atoms with Crippen molar-refractivity contribution in [1.82, 2.24) is 0 Å². The lowest BCUT2D eigenvalue weighted by Gasteiger charge is -2.31. The predicted molar refractivity (Wildman–Crippen MR) is 65.8 cm³/mol. The Balaban J connectivity index is 2.31. The fourth-order valence-corrected chi connectivity index (χ4v) is 3.49. The quantitative estimate of drug-likeness (QED) is 0.710. The molecule has 2 aliphatic rings. The molecule has 18 heavy (non-hydrogen) atoms. The van der Waals surface area contributed by atoms with Gasteiger partial charge in [0.2, 0.25) is 0 Å². The molecule has 0 radical (unpaired) electrons. The number of methoxy groups -OCH3 is 1. The van der Waals surface area contributed by atoms with Gasteiger partial charge >= 0.3 is 11.9 Å². The van der Waals surface area contributed by atoms with Crippen LogP contribution in [-0.4, -0.2) is 24.6 Å². The molecule has 0 aromatic carbocycles. The molecule has 1 saturated heterocycles. The molecular formula is C14H22O4. The molecule has 102 valence electrons. The van der Waals surface area contributed by atoms with Crippen LogP contribution in [0.1, 0.15) is 51.9 Å². The van der Waals surface area contributed by atoms with Gasteiger partial charge in [0.1, 0.15) is 11.5 Å². The zero-order valence-electron chi connectivity index (χ0n) is 11.2. The molecule has 1 aliphatic carbocycles. The van der Waals surface area contributed by atoms with E-state index in [1.165, 1.54) is 7.11 Å². The van der Waals surface area contributed by atoms with Crippen molar-refractivity contribution in [3.63, 3.8) is 0 Å². The molecule has 1 spiro atoms. The summed E-state index contributed by atoms with van der Waals surface area (Å²) in [7, 11) is 1.39. The number of hydrogen-bond donors (Lipinski definition) is 0. The summed E-state index contributed by atoms with van der Waals surface area (Å²) < 4.78 is 10.6. The molecule has 1 saturated carbocycles. The smallest absolute Gasteiger partial charge is 0.313 e. The summed E-state index contributed by atoms with van der Waals surface area (Å²) in [5.74, 6) is -1.22. The highest BCUT2D eigenvalue weighted by atomic mass is 16.6. The van der Waals surface area contributed by atoms with E-state index in [0.717, 1.165) is 38.5 Å². The van der Waals surface area contributed by atoms with Gasteiger partial charge in [-0.15, -0.1) is 0 Å². The number of carbonyl (C=O) groups excluding carboxylic acids is 2. The SMILES string of the molecule is CCC1C(=O)OC2(CCCCCC2)C1C(=O)OC. The second kappa shape index (κ2) is 5.29. The van der Waals surface area contributed by atoms with Gasteiger partial charge in [0, 0.05) is 0 Å². The zero-order valence-corrected chi connectivity index (χ0v) is 11.2. The fraction of sp³-hybridized carbons (Fsp3) is 0.857. The number of carbonyl (C=O) groups is 2. The molecule has 4 nitrogen and oxygen atoms in total. The van der Waals surface area contributed by atoms with Crippen LogP contribution in [0.2, 0.25) is 0 Å². The van der Waals surface area contributed by atoms with E-state index in [0.29, 0.717) is 6.42 Å². The van der Waals surface area contributed by atoms with Gasteiger partial charge in [0.25, 0.3) is 0 Å². The third-order valence-electron chi connectivity index (χ3n) is 4.42. The monoisotopic (exact) mass is 254 g/mol. The van der Waals surface area contributed by atoms with Gasteiger partial charge in [0.15, 0.2) is 0 Å². The van der Waals surface area contributed by atoms with E-state index in [4.69, 9.17) is 9.47 Å². The van der Waals surface area contributed by atoms with Crippen molar-refractivity contribution >= 4 is 11.9 Å². The van der Waals surface area contributed by atoms with E-state index in [1.54, 1.807) is 0 Å². The van der Waals surface area contributed by atoms with Crippen LogP contribution in [-0.2, 0) is 19.1 Å². The molecule has 1 aliphatic heterocycles. The molecule has 0 bridgehead atoms. The predicted octanol–water partition coefficient (Wildman–Crippen LogP) is 2.45. The van der Waals surface area contributed by atoms with Crippen LogP contribution in [0, 0.1) is 11.8 Å². The number of esters is 2. The van der Waals surface area contributed by atoms with Crippen LogP contribution in [0.5, 0.6) is 0 Å². The Hall–Kier alpha value is -1.06. The summed E-state index contributed by atoms with van der Waals surface area (Å²) in [5, 5.41) is 0. The molecular weight excluding hydrogens is 232 g/mol. The maximum atomic E-state index is 12.1. The summed E-state index contributed by atoms with van der Waals surface area (Å²) >= 11 is 0. The van der Waals surface area contributed by atoms with Crippen molar-refractivity contribution < 1.29 is 19.1 Å². The Kier molecular flexibility index (Phi) is 3.93. The molecule has 2 atom stereocenters. The fourth-order valence-electron chi connectivity index (χ4n) is 3.49. The maximum Gasteiger partial charge on any atom is 0.313 e. The van der Waals surface area contributed by atoms with Crippen LogP contribution in [0.4, 0.5) is 0 Å². The Morgan fingerprint density at radius 2 is 1.94 bits per heavy atom. The summed E-state index contributed by atoms with van der Waals surface area (Å²) in [6.07, 6.45) is 6.60. The average molecular weight is 254 g/mol. The Morgan fingerprint density at radius 3 is 2.44 bits per heavy atom. The van der Waals surface area contributed by atoms with Crippen LogP contribution in [0.15, 0.2) is 0 Å². The van der Waals surface area contributed by atoms with E-state index < -0.39 is 11.5 Å². The van der Waals surface area contributed by atoms with Crippen molar-refractivity contribution in [3.05, 3.63) is 0 Å². The number of hydrogen-bond acceptors (Lipinski definition) is 4. The summed E-state index contributed by atoms with van der Waals surface area (Å²) in [5.41, 5.74) is -0.582. The van der Waals surface area contributed by atoms with Gasteiger partial charge < -0.3 is 9.47 Å². The highest BCUT2D eigenvalue weighted by molar-refractivity contribution is 5.86. The second-order valence-electron chi connectivity index (χ2n) is 5.42. The third kappa shape index (κ3) is 2.13. The van der Waals surface area contributed by atoms with Crippen molar-refractivity contribution in [2.45, 2.75) is 57.5 Å². The molecule has 0 aromatic rings. The van der Waals surface area contributed by atoms with Gasteiger partial charge in [-0.2, -0.15) is 0 Å². The van der Waals surface area contributed by atoms with E-state index in [-0.39, 0.29) is 17.9 Å². The first-order chi connectivity index (χ1) is 8.64. The van der Waals surface area contributed by atoms with Gasteiger partial charge in [-0.1, -0.05) is 19.8 Å². The molecule has 1 heterocycles. The van der Waals surface area contributed by atoms with Gasteiger partial charge in [-0.05, 0) is 32.1 Å². The lowest BCUT2D eigenvalue weighted by Crippen LogP contribution is -2.42. The Labute approximate surface area is 108 Å². The zero-order chi connectivity index (χ0) is 13.2. The van der Waals surface area contributed by atoms with E-state index in [2.05, 4.69) is 0 Å². The van der Waals surface area contributed by atoms with E-state index >= 15 is 0 Å². The first-order valence-electron chi connectivity index (χ1n) is 6.95. The lowest BCUT2D eigenvalue weighted by atomic mass is 9.75. The second-order valence-corrected chi connectivity index (χ2v) is 5.42. The minimum Gasteiger partial charge on any atom is -0.469 e. The molecule has 4 heteroatoms. The van der Waals surface area contributed by atoms with Gasteiger partial charge in [-0.3, -0.25) is 9.59 Å². The minimum atomic E-state index is -0.582. The van der Waals surface area contributed by atoms with Crippen LogP contribution < -0.4 is 0 Å². The van der Waals surface area contributed by atoms with Crippen molar-refractivity contribution in [1.29, 1.82) is 0 Å². The highest BCUT2D eigenvalue weighted by Gasteiger charge is 2.58. The van der Waals surface area contributed by atoms with Gasteiger partial charge in [0.05, 0.1) is 13.0 Å². The number of ether oxygens (including phenoxy) is 2. The lowest BCUT2D eigenvalue weighted by molar-refractivity contribution is -0.157. The van der Waals surface area contributed by atoms with Gasteiger partial charge in [-0.25, -0.2) is 0 Å². The molecule has 2 fully saturated rings. The van der Waals surface area contributed by atoms with Crippen molar-refractivity contribution in [2.24, 2.45) is 11.8 Å². The Morgan fingerprint density at radius 1 is 1.33 bits per heavy atom. The third-order valence-corrected chi connectivity index (χ3v) is 4.42. The van der Waals surface area contributed by atoms with Crippen LogP contribution in [0.25, 0.3) is 0 Å². The average Bonchev–Trinajstić information content (AvgIpc) is 2.53. The first-order valence-corrected chi connectivity index (χ1v) is 6.95. The molecule has 0 aromatic heterocycles. The van der Waals surface area contributed by atoms with Crippen LogP contribution in [0.3, 0.4) is 0 Å². The van der Waals surface area contributed by atoms with E-state index in [1.807, 2.05) is 6.92 Å². The number of rotatable bonds is 2. The maximum absolute atomic E-state index is 12.1. The standard InChI is InChI=1S/C14H22O4/c1-3-10-11(13(16)17-2)14(18-12(10)15)8-6-4-5-7-9-14/h10-11H,3-9H2,1-2H3. The topological polar surface area (TPSA) is 52.6 Å². The largest absolute Gasteiger partial charge is 0.469 e. The summed E-state index contributed by atoms with van der Waals surface area (Å²) in [4.78, 5) is 24.1. The Bertz CT molecular complexity index is 329. The van der Waals surface area contributed by atoms with E-state index in [9.17, 15) is 9.59 Å². The molecule has 2 unspecified atom stereocenters. The molecule has 0 N–H and O–H groups in total. The van der Waals surface area contributed by atoms with Crippen LogP contribution >= 0.6 is 0 Å². The van der Waals surface area contributed by atoms with Crippen molar-refractivity contribution in [2.75, 3.05) is 7.11 Å². The molecule has 2 rings (SSSR count). The first kappa shape index (κ1) is 13.4. The highest BCUT2D eigenvalue weighted by Crippen LogP contribution is 2.47. The molecule has 0 amide bonds. The minimum absolute atomic E-state index is 0.213. The summed E-state index contributed by atoms with van der Waals surface area (Å²) in [6.45, 7) is 1.93. The van der Waals surface area contributed by atoms with Crippen molar-refractivity contribution in [3.8, 4) is 0 Å². The normalized spacial score (nSPS) is 30.9. The summed E-state index contributed by atoms with van der Waals surface area (Å²) in [6, 6.07) is 0.